The van der Waals surface area contributed by atoms with E-state index in [0.29, 0.717) is 35.8 Å². The molecule has 6 heteroatoms. The third-order valence-corrected chi connectivity index (χ3v) is 4.29. The number of carbonyl (C=O) groups excluding carboxylic acids is 1. The van der Waals surface area contributed by atoms with Crippen LogP contribution < -0.4 is 10.7 Å². The van der Waals surface area contributed by atoms with Gasteiger partial charge < -0.3 is 9.73 Å². The number of nitrogens with zero attached hydrogens (tertiary/aromatic N) is 2. The molecule has 0 radical (unpaired) electrons. The first-order chi connectivity index (χ1) is 12.6. The van der Waals surface area contributed by atoms with Gasteiger partial charge in [0.2, 0.25) is 17.3 Å². The standard InChI is InChI=1S/C20H17N3O3/c1-13(24)23-12-11-21-20(23)22-17-18(25)15-9-5-6-10-16(15)26-19(17)14-7-3-2-4-8-14/h2-10H,11-12H2,1H3,(H,21,22). The van der Waals surface area contributed by atoms with E-state index in [1.54, 1.807) is 18.2 Å². The fourth-order valence-electron chi connectivity index (χ4n) is 3.02. The van der Waals surface area contributed by atoms with Gasteiger partial charge in [0.1, 0.15) is 11.3 Å². The summed E-state index contributed by atoms with van der Waals surface area (Å²) >= 11 is 0. The second kappa shape index (κ2) is 6.48. The molecule has 0 unspecified atom stereocenters. The van der Waals surface area contributed by atoms with E-state index in [0.717, 1.165) is 5.56 Å². The van der Waals surface area contributed by atoms with Crippen molar-refractivity contribution in [1.82, 2.24) is 4.90 Å². The molecule has 130 valence electrons. The van der Waals surface area contributed by atoms with Gasteiger partial charge in [-0.25, -0.2) is 0 Å². The van der Waals surface area contributed by atoms with Crippen LogP contribution in [0.1, 0.15) is 6.92 Å². The number of guanidine groups is 1. The summed E-state index contributed by atoms with van der Waals surface area (Å²) in [6, 6.07) is 16.5. The molecule has 2 heterocycles. The van der Waals surface area contributed by atoms with Crippen LogP contribution in [-0.4, -0.2) is 29.9 Å². The number of para-hydroxylation sites is 1. The summed E-state index contributed by atoms with van der Waals surface area (Å²) in [6.45, 7) is 2.47. The summed E-state index contributed by atoms with van der Waals surface area (Å²) in [5.41, 5.74) is 1.37. The Morgan fingerprint density at radius 3 is 2.62 bits per heavy atom. The average molecular weight is 347 g/mol. The lowest BCUT2D eigenvalue weighted by Crippen LogP contribution is -2.37. The predicted octanol–water partition coefficient (Wildman–Crippen LogP) is 3.09. The number of hydrogen-bond donors (Lipinski definition) is 1. The predicted molar refractivity (Wildman–Crippen MR) is 101 cm³/mol. The van der Waals surface area contributed by atoms with E-state index < -0.39 is 0 Å². The molecular formula is C20H17N3O3. The molecule has 1 N–H and O–H groups in total. The van der Waals surface area contributed by atoms with E-state index in [4.69, 9.17) is 4.42 Å². The first kappa shape index (κ1) is 16.1. The Labute approximate surface area is 149 Å². The van der Waals surface area contributed by atoms with Crippen LogP contribution >= 0.6 is 0 Å². The van der Waals surface area contributed by atoms with Crippen molar-refractivity contribution in [2.24, 2.45) is 4.99 Å². The number of anilines is 1. The van der Waals surface area contributed by atoms with Gasteiger partial charge >= 0.3 is 0 Å². The number of nitrogens with one attached hydrogen (secondary N) is 1. The molecule has 26 heavy (non-hydrogen) atoms. The summed E-state index contributed by atoms with van der Waals surface area (Å²) < 4.78 is 6.04. The van der Waals surface area contributed by atoms with Gasteiger partial charge in [0.05, 0.1) is 11.9 Å². The highest BCUT2D eigenvalue weighted by Gasteiger charge is 2.24. The Balaban J connectivity index is 1.91. The highest BCUT2D eigenvalue weighted by Crippen LogP contribution is 2.29. The van der Waals surface area contributed by atoms with Gasteiger partial charge in [-0.3, -0.25) is 19.5 Å². The van der Waals surface area contributed by atoms with E-state index >= 15 is 0 Å². The summed E-state index contributed by atoms with van der Waals surface area (Å²) in [6.07, 6.45) is 0. The molecule has 0 saturated carbocycles. The largest absolute Gasteiger partial charge is 0.454 e. The number of carbonyl (C=O) groups is 1. The van der Waals surface area contributed by atoms with Crippen LogP contribution in [0.25, 0.3) is 22.3 Å². The molecule has 6 nitrogen and oxygen atoms in total. The normalized spacial score (nSPS) is 13.7. The Morgan fingerprint density at radius 1 is 1.12 bits per heavy atom. The van der Waals surface area contributed by atoms with Crippen LogP contribution in [0.2, 0.25) is 0 Å². The van der Waals surface area contributed by atoms with Crippen LogP contribution in [-0.2, 0) is 4.79 Å². The Hall–Kier alpha value is -3.41. The zero-order valence-corrected chi connectivity index (χ0v) is 14.2. The monoisotopic (exact) mass is 347 g/mol. The molecule has 1 aliphatic rings. The minimum atomic E-state index is -0.191. The Bertz CT molecular complexity index is 1070. The van der Waals surface area contributed by atoms with Crippen LogP contribution in [0.4, 0.5) is 5.69 Å². The van der Waals surface area contributed by atoms with Gasteiger partial charge in [-0.1, -0.05) is 42.5 Å². The molecule has 0 fully saturated rings. The third kappa shape index (κ3) is 2.75. The minimum absolute atomic E-state index is 0.125. The minimum Gasteiger partial charge on any atom is -0.454 e. The molecule has 0 saturated heterocycles. The second-order valence-electron chi connectivity index (χ2n) is 6.00. The SMILES string of the molecule is CC(=O)N1CCN=C1Nc1c(-c2ccccc2)oc2ccccc2c1=O. The number of amides is 1. The van der Waals surface area contributed by atoms with Crippen molar-refractivity contribution in [1.29, 1.82) is 0 Å². The fraction of sp³-hybridized carbons (Fsp3) is 0.150. The molecule has 0 aliphatic carbocycles. The van der Waals surface area contributed by atoms with Crippen molar-refractivity contribution < 1.29 is 9.21 Å². The maximum Gasteiger partial charge on any atom is 0.226 e. The Kier molecular flexibility index (Phi) is 4.01. The summed E-state index contributed by atoms with van der Waals surface area (Å²) in [4.78, 5) is 30.7. The highest BCUT2D eigenvalue weighted by molar-refractivity contribution is 6.06. The van der Waals surface area contributed by atoms with Gasteiger partial charge in [-0.05, 0) is 12.1 Å². The lowest BCUT2D eigenvalue weighted by molar-refractivity contribution is -0.124. The summed E-state index contributed by atoms with van der Waals surface area (Å²) in [7, 11) is 0. The van der Waals surface area contributed by atoms with Crippen LogP contribution in [0.15, 0.2) is 68.8 Å². The van der Waals surface area contributed by atoms with Crippen LogP contribution in [0.5, 0.6) is 0 Å². The van der Waals surface area contributed by atoms with Crippen LogP contribution in [0.3, 0.4) is 0 Å². The number of aliphatic imine (C=N–C) groups is 1. The molecular weight excluding hydrogens is 330 g/mol. The van der Waals surface area contributed by atoms with E-state index in [-0.39, 0.29) is 17.0 Å². The summed E-state index contributed by atoms with van der Waals surface area (Å²) in [5.74, 6) is 0.671. The maximum atomic E-state index is 13.1. The Morgan fingerprint density at radius 2 is 1.85 bits per heavy atom. The molecule has 1 aliphatic heterocycles. The third-order valence-electron chi connectivity index (χ3n) is 4.29. The highest BCUT2D eigenvalue weighted by atomic mass is 16.3. The van der Waals surface area contributed by atoms with Gasteiger partial charge in [0.25, 0.3) is 0 Å². The molecule has 2 aromatic carbocycles. The molecule has 3 aromatic rings. The van der Waals surface area contributed by atoms with E-state index in [1.165, 1.54) is 11.8 Å². The fourth-order valence-corrected chi connectivity index (χ4v) is 3.02. The zero-order chi connectivity index (χ0) is 18.1. The quantitative estimate of drug-likeness (QED) is 0.773. The molecule has 0 atom stereocenters. The average Bonchev–Trinajstić information content (AvgIpc) is 3.13. The zero-order valence-electron chi connectivity index (χ0n) is 14.2. The second-order valence-corrected chi connectivity index (χ2v) is 6.00. The number of rotatable bonds is 2. The van der Waals surface area contributed by atoms with Crippen molar-refractivity contribution in [3.8, 4) is 11.3 Å². The molecule has 4 rings (SSSR count). The lowest BCUT2D eigenvalue weighted by atomic mass is 10.1. The van der Waals surface area contributed by atoms with Gasteiger partial charge in [-0.15, -0.1) is 0 Å². The number of hydrogen-bond acceptors (Lipinski definition) is 5. The van der Waals surface area contributed by atoms with Crippen molar-refractivity contribution in [3.05, 3.63) is 64.8 Å². The molecule has 0 bridgehead atoms. The van der Waals surface area contributed by atoms with E-state index in [1.807, 2.05) is 36.4 Å². The topological polar surface area (TPSA) is 74.9 Å². The first-order valence-corrected chi connectivity index (χ1v) is 8.36. The van der Waals surface area contributed by atoms with E-state index in [2.05, 4.69) is 10.3 Å². The van der Waals surface area contributed by atoms with Crippen molar-refractivity contribution in [3.63, 3.8) is 0 Å². The van der Waals surface area contributed by atoms with Gasteiger partial charge in [-0.2, -0.15) is 0 Å². The van der Waals surface area contributed by atoms with Crippen molar-refractivity contribution in [2.75, 3.05) is 18.4 Å². The number of benzene rings is 2. The molecule has 0 spiro atoms. The number of fused-ring (bicyclic) bond motifs is 1. The van der Waals surface area contributed by atoms with E-state index in [9.17, 15) is 9.59 Å². The van der Waals surface area contributed by atoms with Gasteiger partial charge in [0.15, 0.2) is 5.76 Å². The smallest absolute Gasteiger partial charge is 0.226 e. The maximum absolute atomic E-state index is 13.1. The van der Waals surface area contributed by atoms with Crippen molar-refractivity contribution >= 4 is 28.5 Å². The molecule has 1 aromatic heterocycles. The van der Waals surface area contributed by atoms with Gasteiger partial charge in [0, 0.05) is 19.0 Å². The van der Waals surface area contributed by atoms with Crippen molar-refractivity contribution in [2.45, 2.75) is 6.92 Å². The lowest BCUT2D eigenvalue weighted by Gasteiger charge is -2.18. The summed E-state index contributed by atoms with van der Waals surface area (Å²) in [5, 5.41) is 3.52. The first-order valence-electron chi connectivity index (χ1n) is 8.36. The molecule has 1 amide bonds. The van der Waals surface area contributed by atoms with Crippen LogP contribution in [0, 0.1) is 0 Å².